The SMILES string of the molecule is Cc1cnnn1-c1ccc(B2OC(C)(C)C(C)(C)O2)cn1. The van der Waals surface area contributed by atoms with Crippen molar-refractivity contribution in [3.8, 4) is 5.82 Å². The standard InChI is InChI=1S/C14H19BN4O2/c1-10-8-17-18-19(10)12-7-6-11(9-16-12)15-20-13(2,3)14(4,5)21-15/h6-9H,1-5H3. The zero-order chi connectivity index (χ0) is 15.3. The van der Waals surface area contributed by atoms with Gasteiger partial charge in [0.1, 0.15) is 0 Å². The first kappa shape index (κ1) is 14.2. The molecule has 2 aromatic heterocycles. The highest BCUT2D eigenvalue weighted by atomic mass is 16.7. The van der Waals surface area contributed by atoms with Gasteiger partial charge in [0, 0.05) is 11.7 Å². The zero-order valence-corrected chi connectivity index (χ0v) is 13.0. The summed E-state index contributed by atoms with van der Waals surface area (Å²) in [6, 6.07) is 3.84. The molecule has 1 fully saturated rings. The number of aryl methyl sites for hydroxylation is 1. The van der Waals surface area contributed by atoms with E-state index in [9.17, 15) is 0 Å². The second-order valence-electron chi connectivity index (χ2n) is 6.33. The summed E-state index contributed by atoms with van der Waals surface area (Å²) < 4.78 is 13.7. The minimum absolute atomic E-state index is 0.348. The van der Waals surface area contributed by atoms with Crippen molar-refractivity contribution < 1.29 is 9.31 Å². The topological polar surface area (TPSA) is 62.1 Å². The van der Waals surface area contributed by atoms with E-state index in [4.69, 9.17) is 9.31 Å². The van der Waals surface area contributed by atoms with Crippen molar-refractivity contribution in [3.63, 3.8) is 0 Å². The Kier molecular flexibility index (Phi) is 3.14. The van der Waals surface area contributed by atoms with Gasteiger partial charge in [-0.1, -0.05) is 11.3 Å². The van der Waals surface area contributed by atoms with E-state index in [-0.39, 0.29) is 11.2 Å². The van der Waals surface area contributed by atoms with E-state index in [1.54, 1.807) is 17.1 Å². The monoisotopic (exact) mass is 286 g/mol. The molecule has 0 saturated carbocycles. The third-order valence-electron chi connectivity index (χ3n) is 4.23. The van der Waals surface area contributed by atoms with Crippen LogP contribution in [0.15, 0.2) is 24.5 Å². The van der Waals surface area contributed by atoms with Crippen LogP contribution in [0.4, 0.5) is 0 Å². The van der Waals surface area contributed by atoms with Crippen LogP contribution in [-0.2, 0) is 9.31 Å². The molecule has 1 saturated heterocycles. The summed E-state index contributed by atoms with van der Waals surface area (Å²) in [5.41, 5.74) is 1.14. The number of hydrogen-bond acceptors (Lipinski definition) is 5. The molecule has 6 nitrogen and oxygen atoms in total. The molecule has 2 aromatic rings. The van der Waals surface area contributed by atoms with Crippen LogP contribution in [0.25, 0.3) is 5.82 Å². The molecule has 7 heteroatoms. The lowest BCUT2D eigenvalue weighted by Gasteiger charge is -2.32. The van der Waals surface area contributed by atoms with Crippen LogP contribution >= 0.6 is 0 Å². The minimum atomic E-state index is -0.395. The van der Waals surface area contributed by atoms with E-state index in [0.29, 0.717) is 0 Å². The fourth-order valence-corrected chi connectivity index (χ4v) is 2.15. The third kappa shape index (κ3) is 2.36. The summed E-state index contributed by atoms with van der Waals surface area (Å²) in [5, 5.41) is 7.86. The van der Waals surface area contributed by atoms with Gasteiger partial charge >= 0.3 is 7.12 Å². The second kappa shape index (κ2) is 4.64. The Labute approximate surface area is 124 Å². The van der Waals surface area contributed by atoms with Gasteiger partial charge in [-0.05, 0) is 40.7 Å². The van der Waals surface area contributed by atoms with Crippen LogP contribution in [0.1, 0.15) is 33.4 Å². The Balaban J connectivity index is 1.85. The highest BCUT2D eigenvalue weighted by molar-refractivity contribution is 6.62. The van der Waals surface area contributed by atoms with E-state index in [0.717, 1.165) is 17.0 Å². The minimum Gasteiger partial charge on any atom is -0.399 e. The summed E-state index contributed by atoms with van der Waals surface area (Å²) >= 11 is 0. The molecule has 110 valence electrons. The van der Waals surface area contributed by atoms with E-state index in [1.807, 2.05) is 46.8 Å². The molecule has 0 N–H and O–H groups in total. The lowest BCUT2D eigenvalue weighted by molar-refractivity contribution is 0.00578. The fourth-order valence-electron chi connectivity index (χ4n) is 2.15. The van der Waals surface area contributed by atoms with Gasteiger partial charge in [0.15, 0.2) is 5.82 Å². The average molecular weight is 286 g/mol. The zero-order valence-electron chi connectivity index (χ0n) is 13.0. The molecule has 0 aromatic carbocycles. The van der Waals surface area contributed by atoms with Crippen LogP contribution in [0.3, 0.4) is 0 Å². The molecule has 0 amide bonds. The van der Waals surface area contributed by atoms with Crippen LogP contribution in [0.5, 0.6) is 0 Å². The number of nitrogens with zero attached hydrogens (tertiary/aromatic N) is 4. The van der Waals surface area contributed by atoms with Gasteiger partial charge < -0.3 is 9.31 Å². The Morgan fingerprint density at radius 1 is 1.05 bits per heavy atom. The summed E-state index contributed by atoms with van der Waals surface area (Å²) in [7, 11) is -0.395. The lowest BCUT2D eigenvalue weighted by Crippen LogP contribution is -2.41. The van der Waals surface area contributed by atoms with Gasteiger partial charge in [0.2, 0.25) is 0 Å². The first-order chi connectivity index (χ1) is 9.80. The Hall–Kier alpha value is -1.73. The van der Waals surface area contributed by atoms with E-state index in [2.05, 4.69) is 15.3 Å². The molecule has 1 aliphatic rings. The van der Waals surface area contributed by atoms with Crippen LogP contribution in [0.2, 0.25) is 0 Å². The average Bonchev–Trinajstić information content (AvgIpc) is 2.92. The summed E-state index contributed by atoms with van der Waals surface area (Å²) in [6.45, 7) is 10.1. The van der Waals surface area contributed by atoms with Gasteiger partial charge in [-0.15, -0.1) is 5.10 Å². The summed E-state index contributed by atoms with van der Waals surface area (Å²) in [6.07, 6.45) is 3.46. The molecule has 0 spiro atoms. The molecular formula is C14H19BN4O2. The Morgan fingerprint density at radius 2 is 1.71 bits per heavy atom. The maximum absolute atomic E-state index is 6.01. The molecule has 21 heavy (non-hydrogen) atoms. The predicted octanol–water partition coefficient (Wildman–Crippen LogP) is 1.27. The van der Waals surface area contributed by atoms with Gasteiger partial charge in [0.25, 0.3) is 0 Å². The maximum atomic E-state index is 6.01. The normalized spacial score (nSPS) is 20.0. The van der Waals surface area contributed by atoms with Crippen molar-refractivity contribution in [2.24, 2.45) is 0 Å². The van der Waals surface area contributed by atoms with Gasteiger partial charge in [0.05, 0.1) is 23.1 Å². The molecule has 0 atom stereocenters. The number of rotatable bonds is 2. The van der Waals surface area contributed by atoms with Crippen molar-refractivity contribution in [2.75, 3.05) is 0 Å². The Bertz CT molecular complexity index is 635. The number of hydrogen-bond donors (Lipinski definition) is 0. The molecule has 3 rings (SSSR count). The quantitative estimate of drug-likeness (QED) is 0.778. The second-order valence-corrected chi connectivity index (χ2v) is 6.33. The van der Waals surface area contributed by atoms with E-state index >= 15 is 0 Å². The van der Waals surface area contributed by atoms with Crippen molar-refractivity contribution >= 4 is 12.6 Å². The first-order valence-electron chi connectivity index (χ1n) is 6.99. The highest BCUT2D eigenvalue weighted by Gasteiger charge is 2.51. The van der Waals surface area contributed by atoms with Crippen molar-refractivity contribution in [2.45, 2.75) is 45.8 Å². The number of aromatic nitrogens is 4. The van der Waals surface area contributed by atoms with Crippen LogP contribution < -0.4 is 5.46 Å². The van der Waals surface area contributed by atoms with Crippen molar-refractivity contribution in [1.82, 2.24) is 20.0 Å². The van der Waals surface area contributed by atoms with Crippen molar-refractivity contribution in [3.05, 3.63) is 30.2 Å². The smallest absolute Gasteiger partial charge is 0.399 e. The molecule has 0 aliphatic carbocycles. The number of pyridine rings is 1. The molecular weight excluding hydrogens is 267 g/mol. The largest absolute Gasteiger partial charge is 0.496 e. The molecule has 0 bridgehead atoms. The van der Waals surface area contributed by atoms with Gasteiger partial charge in [-0.25, -0.2) is 4.98 Å². The summed E-state index contributed by atoms with van der Waals surface area (Å²) in [4.78, 5) is 4.42. The van der Waals surface area contributed by atoms with Crippen LogP contribution in [0, 0.1) is 6.92 Å². The van der Waals surface area contributed by atoms with Gasteiger partial charge in [-0.3, -0.25) is 0 Å². The molecule has 0 radical (unpaired) electrons. The van der Waals surface area contributed by atoms with E-state index in [1.165, 1.54) is 0 Å². The predicted molar refractivity (Wildman–Crippen MR) is 79.6 cm³/mol. The molecule has 3 heterocycles. The first-order valence-corrected chi connectivity index (χ1v) is 6.99. The van der Waals surface area contributed by atoms with E-state index < -0.39 is 7.12 Å². The lowest BCUT2D eigenvalue weighted by atomic mass is 9.80. The van der Waals surface area contributed by atoms with Crippen LogP contribution in [-0.4, -0.2) is 38.3 Å². The Morgan fingerprint density at radius 3 is 2.19 bits per heavy atom. The summed E-state index contributed by atoms with van der Waals surface area (Å²) in [5.74, 6) is 0.727. The highest BCUT2D eigenvalue weighted by Crippen LogP contribution is 2.36. The fraction of sp³-hybridized carbons (Fsp3) is 0.500. The third-order valence-corrected chi connectivity index (χ3v) is 4.23. The molecule has 0 unspecified atom stereocenters. The maximum Gasteiger partial charge on any atom is 0.496 e. The molecule has 1 aliphatic heterocycles. The van der Waals surface area contributed by atoms with Gasteiger partial charge in [-0.2, -0.15) is 4.68 Å². The van der Waals surface area contributed by atoms with Crippen molar-refractivity contribution in [1.29, 1.82) is 0 Å².